The second kappa shape index (κ2) is 7.90. The average Bonchev–Trinajstić information content (AvgIpc) is 3.00. The molecule has 1 aromatic rings. The van der Waals surface area contributed by atoms with Crippen molar-refractivity contribution in [2.75, 3.05) is 0 Å². The molecule has 8 atom stereocenters. The van der Waals surface area contributed by atoms with E-state index in [1.165, 1.54) is 6.92 Å². The van der Waals surface area contributed by atoms with E-state index in [0.29, 0.717) is 24.0 Å². The number of hydrogen-bond acceptors (Lipinski definition) is 6. The number of hydrogen-bond donors (Lipinski definition) is 1. The van der Waals surface area contributed by atoms with Gasteiger partial charge in [0, 0.05) is 18.3 Å². The van der Waals surface area contributed by atoms with E-state index in [9.17, 15) is 18.3 Å². The van der Waals surface area contributed by atoms with Crippen LogP contribution >= 0.6 is 0 Å². The van der Waals surface area contributed by atoms with E-state index in [1.54, 1.807) is 31.2 Å². The molecule has 1 N–H and O–H groups in total. The third-order valence-corrected chi connectivity index (χ3v) is 8.31. The van der Waals surface area contributed by atoms with Gasteiger partial charge < -0.3 is 19.3 Å². The second-order valence-corrected chi connectivity index (χ2v) is 10.2. The summed E-state index contributed by atoms with van der Waals surface area (Å²) in [4.78, 5) is 11.6. The Morgan fingerprint density at radius 3 is 2.36 bits per heavy atom. The maximum atomic E-state index is 14.8. The molecule has 0 radical (unpaired) electrons. The van der Waals surface area contributed by atoms with Gasteiger partial charge >= 0.3 is 6.18 Å². The Morgan fingerprint density at radius 2 is 1.70 bits per heavy atom. The van der Waals surface area contributed by atoms with Gasteiger partial charge in [-0.25, -0.2) is 9.78 Å². The van der Waals surface area contributed by atoms with Gasteiger partial charge in [0.1, 0.15) is 0 Å². The lowest BCUT2D eigenvalue weighted by molar-refractivity contribution is -0.599. The summed E-state index contributed by atoms with van der Waals surface area (Å²) >= 11 is 0. The number of halogens is 3. The van der Waals surface area contributed by atoms with Crippen LogP contribution in [0.5, 0.6) is 0 Å². The number of benzene rings is 1. The minimum Gasteiger partial charge on any atom is -0.392 e. The number of fused-ring (bicyclic) bond motifs is 2. The first kappa shape index (κ1) is 23.5. The molecule has 5 fully saturated rings. The quantitative estimate of drug-likeness (QED) is 0.633. The first-order valence-corrected chi connectivity index (χ1v) is 11.7. The Labute approximate surface area is 191 Å². The van der Waals surface area contributed by atoms with Crippen molar-refractivity contribution in [1.29, 1.82) is 0 Å². The smallest absolute Gasteiger partial charge is 0.392 e. The molecular formula is C24H31F3O6. The molecule has 0 aromatic heterocycles. The van der Waals surface area contributed by atoms with Gasteiger partial charge in [-0.3, -0.25) is 0 Å². The van der Waals surface area contributed by atoms with Crippen molar-refractivity contribution in [2.45, 2.75) is 89.3 Å². The highest BCUT2D eigenvalue weighted by atomic mass is 19.4. The van der Waals surface area contributed by atoms with Crippen molar-refractivity contribution in [3.05, 3.63) is 35.4 Å². The second-order valence-electron chi connectivity index (χ2n) is 10.2. The van der Waals surface area contributed by atoms with Crippen LogP contribution in [0.1, 0.15) is 57.6 Å². The monoisotopic (exact) mass is 472 g/mol. The molecule has 4 heterocycles. The normalized spacial score (nSPS) is 44.9. The van der Waals surface area contributed by atoms with Crippen LogP contribution in [0.2, 0.25) is 0 Å². The van der Waals surface area contributed by atoms with Gasteiger partial charge in [-0.2, -0.15) is 13.2 Å². The highest BCUT2D eigenvalue weighted by molar-refractivity contribution is 5.21. The molecule has 1 spiro atoms. The van der Waals surface area contributed by atoms with Gasteiger partial charge in [0.15, 0.2) is 11.9 Å². The van der Waals surface area contributed by atoms with Crippen LogP contribution in [-0.2, 0) is 37.2 Å². The summed E-state index contributed by atoms with van der Waals surface area (Å²) in [5.41, 5.74) is 0.120. The highest BCUT2D eigenvalue weighted by Crippen LogP contribution is 2.64. The zero-order valence-corrected chi connectivity index (χ0v) is 19.1. The molecular weight excluding hydrogens is 441 g/mol. The van der Waals surface area contributed by atoms with E-state index in [0.717, 1.165) is 12.8 Å². The Hall–Kier alpha value is -1.23. The molecule has 4 aliphatic heterocycles. The lowest BCUT2D eigenvalue weighted by Crippen LogP contribution is -2.75. The zero-order chi connectivity index (χ0) is 23.6. The van der Waals surface area contributed by atoms with Crippen LogP contribution in [-0.4, -0.2) is 34.7 Å². The van der Waals surface area contributed by atoms with E-state index in [2.05, 4.69) is 6.92 Å². The van der Waals surface area contributed by atoms with E-state index >= 15 is 0 Å². The lowest BCUT2D eigenvalue weighted by atomic mass is 9.57. The van der Waals surface area contributed by atoms with Crippen molar-refractivity contribution in [2.24, 2.45) is 23.7 Å². The summed E-state index contributed by atoms with van der Waals surface area (Å²) in [6.07, 6.45) is -3.47. The lowest BCUT2D eigenvalue weighted by Gasteiger charge is -2.62. The Kier molecular flexibility index (Phi) is 5.62. The van der Waals surface area contributed by atoms with Crippen LogP contribution < -0.4 is 0 Å². The van der Waals surface area contributed by atoms with Crippen molar-refractivity contribution < 1.29 is 42.3 Å². The fraction of sp³-hybridized carbons (Fsp3) is 0.750. The van der Waals surface area contributed by atoms with Crippen LogP contribution in [0.3, 0.4) is 0 Å². The average molecular weight is 473 g/mol. The Bertz CT molecular complexity index is 878. The zero-order valence-electron chi connectivity index (χ0n) is 19.1. The van der Waals surface area contributed by atoms with E-state index in [1.807, 2.05) is 0 Å². The molecule has 0 amide bonds. The van der Waals surface area contributed by atoms with E-state index < -0.39 is 41.5 Å². The van der Waals surface area contributed by atoms with Gasteiger partial charge in [-0.1, -0.05) is 38.1 Å². The maximum Gasteiger partial charge on any atom is 0.443 e. The fourth-order valence-electron chi connectivity index (χ4n) is 6.42. The number of alkyl halides is 3. The molecule has 33 heavy (non-hydrogen) atoms. The molecule has 1 aromatic carbocycles. The predicted octanol–water partition coefficient (Wildman–Crippen LogP) is 4.84. The van der Waals surface area contributed by atoms with Crippen molar-refractivity contribution in [3.63, 3.8) is 0 Å². The number of aliphatic hydroxyl groups is 1. The number of rotatable bonds is 4. The summed E-state index contributed by atoms with van der Waals surface area (Å²) in [6.45, 7) is 4.89. The molecule has 1 saturated carbocycles. The standard InChI is InChI=1S/C24H31F3O6/c1-14-4-9-19-15(2)23(24(25,26)27,29-13-17-7-5-16(12-28)6-8-17)31-20-22(19)18(14)10-11-21(3,30-20)32-33-22/h5-8,14-15,18-20,28H,4,9-13H2,1-3H3/t14-,15-,18+,19+,20+,21+,22-,23-/m1/s1. The minimum absolute atomic E-state index is 0.0368. The third-order valence-electron chi connectivity index (χ3n) is 8.31. The molecule has 184 valence electrons. The van der Waals surface area contributed by atoms with Crippen molar-refractivity contribution in [3.8, 4) is 0 Å². The van der Waals surface area contributed by atoms with Gasteiger partial charge in [0.05, 0.1) is 13.2 Å². The van der Waals surface area contributed by atoms with Crippen LogP contribution in [0, 0.1) is 23.7 Å². The molecule has 0 unspecified atom stereocenters. The first-order chi connectivity index (χ1) is 15.5. The van der Waals surface area contributed by atoms with Gasteiger partial charge in [0.2, 0.25) is 5.79 Å². The summed E-state index contributed by atoms with van der Waals surface area (Å²) in [6, 6.07) is 6.60. The summed E-state index contributed by atoms with van der Waals surface area (Å²) in [7, 11) is 0. The summed E-state index contributed by atoms with van der Waals surface area (Å²) in [5.74, 6) is -5.37. The minimum atomic E-state index is -4.80. The van der Waals surface area contributed by atoms with E-state index in [4.69, 9.17) is 24.0 Å². The molecule has 4 saturated heterocycles. The topological polar surface area (TPSA) is 66.4 Å². The Balaban J connectivity index is 1.52. The molecule has 6 nitrogen and oxygen atoms in total. The third kappa shape index (κ3) is 3.46. The Morgan fingerprint density at radius 1 is 1.00 bits per heavy atom. The van der Waals surface area contributed by atoms with Crippen LogP contribution in [0.15, 0.2) is 24.3 Å². The number of aliphatic hydroxyl groups excluding tert-OH is 1. The predicted molar refractivity (Wildman–Crippen MR) is 109 cm³/mol. The number of ether oxygens (including phenoxy) is 3. The van der Waals surface area contributed by atoms with Gasteiger partial charge in [-0.15, -0.1) is 0 Å². The maximum absolute atomic E-state index is 14.8. The van der Waals surface area contributed by atoms with Crippen LogP contribution in [0.4, 0.5) is 13.2 Å². The first-order valence-electron chi connectivity index (χ1n) is 11.7. The van der Waals surface area contributed by atoms with Crippen molar-refractivity contribution >= 4 is 0 Å². The fourth-order valence-corrected chi connectivity index (χ4v) is 6.42. The molecule has 1 aliphatic carbocycles. The summed E-state index contributed by atoms with van der Waals surface area (Å²) < 4.78 is 61.9. The molecule has 2 bridgehead atoms. The van der Waals surface area contributed by atoms with Crippen LogP contribution in [0.25, 0.3) is 0 Å². The van der Waals surface area contributed by atoms with Gasteiger partial charge in [-0.05, 0) is 49.1 Å². The largest absolute Gasteiger partial charge is 0.443 e. The SMILES string of the molecule is C[C@@H]1CC[C@H]2[C@@H](C)[C@](OCc3ccc(CO)cc3)(C(F)(F)F)O[C@@H]3O[C@]4(C)CC[C@@H]1[C@]32OO4. The van der Waals surface area contributed by atoms with Crippen molar-refractivity contribution in [1.82, 2.24) is 0 Å². The summed E-state index contributed by atoms with van der Waals surface area (Å²) in [5, 5.41) is 9.22. The highest BCUT2D eigenvalue weighted by Gasteiger charge is 2.77. The molecule has 6 rings (SSSR count). The van der Waals surface area contributed by atoms with Gasteiger partial charge in [0.25, 0.3) is 5.79 Å². The molecule has 5 aliphatic rings. The van der Waals surface area contributed by atoms with E-state index in [-0.39, 0.29) is 25.0 Å². The molecule has 9 heteroatoms.